The molecule has 2 saturated heterocycles. The molecular formula is C24H31ClO9. The number of halogens is 1. The minimum absolute atomic E-state index is 0.189. The normalized spacial score (nSPS) is 49.3. The molecule has 0 aromatic heterocycles. The number of rotatable bonds is 5. The SMILES string of the molecule is COC1(c2cccc(O[C@@H]3OC(CO)[C@H](O)C(O)C3O)c2Cl)OOC12C1CC3CC(C1)CC2C3. The Morgan fingerprint density at radius 2 is 1.65 bits per heavy atom. The highest BCUT2D eigenvalue weighted by Crippen LogP contribution is 2.70. The van der Waals surface area contributed by atoms with Crippen LogP contribution in [-0.4, -0.2) is 70.4 Å². The van der Waals surface area contributed by atoms with E-state index in [0.717, 1.165) is 37.5 Å². The van der Waals surface area contributed by atoms with Gasteiger partial charge in [-0.1, -0.05) is 23.7 Å². The molecule has 4 bridgehead atoms. The Hall–Kier alpha value is -1.01. The van der Waals surface area contributed by atoms with Gasteiger partial charge in [-0.25, -0.2) is 4.89 Å². The zero-order valence-corrected chi connectivity index (χ0v) is 19.6. The van der Waals surface area contributed by atoms with Crippen molar-refractivity contribution in [3.63, 3.8) is 0 Å². The molecule has 188 valence electrons. The van der Waals surface area contributed by atoms with Gasteiger partial charge >= 0.3 is 0 Å². The van der Waals surface area contributed by atoms with Crippen LogP contribution >= 0.6 is 11.6 Å². The molecule has 6 atom stereocenters. The van der Waals surface area contributed by atoms with Gasteiger partial charge in [0.25, 0.3) is 5.79 Å². The van der Waals surface area contributed by atoms with Crippen LogP contribution in [0.5, 0.6) is 5.75 Å². The fourth-order valence-electron chi connectivity index (χ4n) is 7.48. The molecule has 7 rings (SSSR count). The van der Waals surface area contributed by atoms with E-state index in [2.05, 4.69) is 0 Å². The van der Waals surface area contributed by atoms with Crippen LogP contribution < -0.4 is 4.74 Å². The van der Waals surface area contributed by atoms with Crippen LogP contribution in [0, 0.1) is 23.7 Å². The average molecular weight is 499 g/mol. The quantitative estimate of drug-likeness (QED) is 0.446. The Kier molecular flexibility index (Phi) is 5.68. The van der Waals surface area contributed by atoms with Gasteiger partial charge in [-0.3, -0.25) is 0 Å². The minimum Gasteiger partial charge on any atom is -0.460 e. The monoisotopic (exact) mass is 498 g/mol. The summed E-state index contributed by atoms with van der Waals surface area (Å²) in [5.41, 5.74) is -0.0573. The maximum absolute atomic E-state index is 10.4. The van der Waals surface area contributed by atoms with Crippen LogP contribution in [0.25, 0.3) is 0 Å². The summed E-state index contributed by atoms with van der Waals surface area (Å²) >= 11 is 6.84. The Morgan fingerprint density at radius 1 is 0.971 bits per heavy atom. The van der Waals surface area contributed by atoms with Gasteiger partial charge in [0.05, 0.1) is 11.6 Å². The second-order valence-corrected chi connectivity index (χ2v) is 10.9. The maximum Gasteiger partial charge on any atom is 0.262 e. The summed E-state index contributed by atoms with van der Waals surface area (Å²) in [6.45, 7) is -0.552. The second kappa shape index (κ2) is 8.26. The third kappa shape index (κ3) is 3.02. The van der Waals surface area contributed by atoms with Gasteiger partial charge in [-0.05, 0) is 61.8 Å². The van der Waals surface area contributed by atoms with Crippen LogP contribution in [0.15, 0.2) is 18.2 Å². The molecule has 4 aliphatic carbocycles. The van der Waals surface area contributed by atoms with E-state index in [9.17, 15) is 20.4 Å². The first-order valence-electron chi connectivity index (χ1n) is 12.0. The number of aliphatic hydroxyl groups excluding tert-OH is 4. The molecule has 0 radical (unpaired) electrons. The van der Waals surface area contributed by atoms with Crippen molar-refractivity contribution in [3.8, 4) is 5.75 Å². The van der Waals surface area contributed by atoms with Crippen molar-refractivity contribution < 1.29 is 44.4 Å². The number of benzene rings is 1. The fraction of sp³-hybridized carbons (Fsp3) is 0.750. The average Bonchev–Trinajstić information content (AvgIpc) is 2.81. The van der Waals surface area contributed by atoms with E-state index in [1.165, 1.54) is 6.42 Å². The van der Waals surface area contributed by atoms with Crippen molar-refractivity contribution in [2.75, 3.05) is 13.7 Å². The van der Waals surface area contributed by atoms with Crippen molar-refractivity contribution in [2.45, 2.75) is 74.2 Å². The largest absolute Gasteiger partial charge is 0.460 e. The van der Waals surface area contributed by atoms with Crippen molar-refractivity contribution in [3.05, 3.63) is 28.8 Å². The van der Waals surface area contributed by atoms with E-state index >= 15 is 0 Å². The molecule has 34 heavy (non-hydrogen) atoms. The highest BCUT2D eigenvalue weighted by Gasteiger charge is 2.77. The maximum atomic E-state index is 10.4. The Bertz CT molecular complexity index is 909. The van der Waals surface area contributed by atoms with Crippen LogP contribution in [0.1, 0.15) is 37.7 Å². The topological polar surface area (TPSA) is 127 Å². The Morgan fingerprint density at radius 3 is 2.21 bits per heavy atom. The van der Waals surface area contributed by atoms with Crippen molar-refractivity contribution in [1.29, 1.82) is 0 Å². The molecule has 6 aliphatic rings. The lowest BCUT2D eigenvalue weighted by atomic mass is 9.47. The zero-order chi connectivity index (χ0) is 23.8. The molecule has 1 aromatic rings. The van der Waals surface area contributed by atoms with Crippen LogP contribution in [0.3, 0.4) is 0 Å². The third-order valence-corrected chi connectivity index (χ3v) is 9.25. The zero-order valence-electron chi connectivity index (χ0n) is 18.9. The Balaban J connectivity index is 1.33. The molecule has 2 aliphatic heterocycles. The fourth-order valence-corrected chi connectivity index (χ4v) is 7.77. The molecule has 4 saturated carbocycles. The molecule has 2 heterocycles. The van der Waals surface area contributed by atoms with Crippen molar-refractivity contribution >= 4 is 11.6 Å². The van der Waals surface area contributed by atoms with Gasteiger partial charge in [-0.15, -0.1) is 0 Å². The van der Waals surface area contributed by atoms with Crippen LogP contribution in [0.2, 0.25) is 5.02 Å². The summed E-state index contributed by atoms with van der Waals surface area (Å²) in [7, 11) is 1.59. The van der Waals surface area contributed by atoms with Gasteiger partial charge in [-0.2, -0.15) is 4.89 Å². The predicted molar refractivity (Wildman–Crippen MR) is 116 cm³/mol. The molecule has 4 unspecified atom stereocenters. The van der Waals surface area contributed by atoms with Crippen LogP contribution in [0.4, 0.5) is 0 Å². The first-order valence-corrected chi connectivity index (χ1v) is 12.4. The first-order chi connectivity index (χ1) is 16.3. The lowest BCUT2D eigenvalue weighted by molar-refractivity contribution is -0.645. The minimum atomic E-state index is -1.55. The molecular weight excluding hydrogens is 468 g/mol. The van der Waals surface area contributed by atoms with Crippen molar-refractivity contribution in [2.24, 2.45) is 23.7 Å². The number of hydrogen-bond donors (Lipinski definition) is 4. The first kappa shape index (κ1) is 23.4. The summed E-state index contributed by atoms with van der Waals surface area (Å²) in [6, 6.07) is 5.17. The standard InChI is InChI=1S/C24H31ClO9/c1-30-24(23(33-34-24)13-6-11-5-12(8-13)9-14(23)7-11)15-3-2-4-16(18(15)25)31-22-21(29)20(28)19(27)17(10-26)32-22/h2-4,11-14,17,19-22,26-29H,5-10H2,1H3/t11?,12?,13?,14?,17?,19-,20?,21?,22+,23?,24?/m0/s1. The van der Waals surface area contributed by atoms with E-state index in [4.69, 9.17) is 35.6 Å². The van der Waals surface area contributed by atoms with E-state index in [1.807, 2.05) is 6.07 Å². The van der Waals surface area contributed by atoms with Gasteiger partial charge < -0.3 is 34.6 Å². The number of aliphatic hydroxyl groups is 4. The summed E-state index contributed by atoms with van der Waals surface area (Å²) in [4.78, 5) is 11.8. The molecule has 1 aromatic carbocycles. The van der Waals surface area contributed by atoms with Gasteiger partial charge in [0.2, 0.25) is 6.29 Å². The van der Waals surface area contributed by atoms with Gasteiger partial charge in [0, 0.05) is 12.7 Å². The third-order valence-electron chi connectivity index (χ3n) is 8.86. The summed E-state index contributed by atoms with van der Waals surface area (Å²) < 4.78 is 17.4. The molecule has 0 amide bonds. The predicted octanol–water partition coefficient (Wildman–Crippen LogP) is 1.47. The second-order valence-electron chi connectivity index (χ2n) is 10.5. The molecule has 10 heteroatoms. The van der Waals surface area contributed by atoms with E-state index < -0.39 is 48.7 Å². The molecule has 4 N–H and O–H groups in total. The summed E-state index contributed by atoms with van der Waals surface area (Å²) in [6.07, 6.45) is -1.38. The number of hydrogen-bond acceptors (Lipinski definition) is 9. The highest BCUT2D eigenvalue weighted by atomic mass is 35.5. The lowest BCUT2D eigenvalue weighted by Crippen LogP contribution is -2.76. The van der Waals surface area contributed by atoms with E-state index in [0.29, 0.717) is 17.4 Å². The molecule has 9 nitrogen and oxygen atoms in total. The number of methoxy groups -OCH3 is 1. The molecule has 1 spiro atoms. The molecule has 6 fully saturated rings. The van der Waals surface area contributed by atoms with Gasteiger partial charge in [0.15, 0.2) is 5.60 Å². The van der Waals surface area contributed by atoms with Crippen LogP contribution in [-0.2, 0) is 25.0 Å². The highest BCUT2D eigenvalue weighted by molar-refractivity contribution is 6.33. The van der Waals surface area contributed by atoms with Gasteiger partial charge in [0.1, 0.15) is 30.2 Å². The van der Waals surface area contributed by atoms with E-state index in [-0.39, 0.29) is 10.8 Å². The van der Waals surface area contributed by atoms with E-state index in [1.54, 1.807) is 19.2 Å². The number of ether oxygens (including phenoxy) is 3. The summed E-state index contributed by atoms with van der Waals surface area (Å²) in [5.74, 6) is 1.06. The summed E-state index contributed by atoms with van der Waals surface area (Å²) in [5, 5.41) is 40.2. The lowest BCUT2D eigenvalue weighted by Gasteiger charge is -2.68. The Labute approximate surface area is 202 Å². The van der Waals surface area contributed by atoms with Crippen molar-refractivity contribution in [1.82, 2.24) is 0 Å². The smallest absolute Gasteiger partial charge is 0.262 e.